The fourth-order valence-corrected chi connectivity index (χ4v) is 0.894. The first-order valence-corrected chi connectivity index (χ1v) is 3.35. The van der Waals surface area contributed by atoms with Crippen molar-refractivity contribution in [2.75, 3.05) is 5.73 Å². The van der Waals surface area contributed by atoms with Gasteiger partial charge in [-0.15, -0.1) is 0 Å². The van der Waals surface area contributed by atoms with E-state index in [9.17, 15) is 0 Å². The van der Waals surface area contributed by atoms with Crippen molar-refractivity contribution < 1.29 is 0 Å². The van der Waals surface area contributed by atoms with Crippen LogP contribution in [0.25, 0.3) is 0 Å². The Kier molecular flexibility index (Phi) is 1.97. The number of anilines is 1. The standard InChI is InChI=1S/C7H6ClN3/c1-4-6(10)2-5(3-9)7(8)11-4/h2H,10H2,1H3. The zero-order chi connectivity index (χ0) is 8.43. The van der Waals surface area contributed by atoms with E-state index in [-0.39, 0.29) is 5.15 Å². The van der Waals surface area contributed by atoms with E-state index in [0.29, 0.717) is 16.9 Å². The summed E-state index contributed by atoms with van der Waals surface area (Å²) in [6.45, 7) is 1.74. The average Bonchev–Trinajstić information content (AvgIpc) is 1.97. The second-order valence-electron chi connectivity index (χ2n) is 2.11. The molecular formula is C7H6ClN3. The molecule has 0 bridgehead atoms. The minimum absolute atomic E-state index is 0.208. The maximum absolute atomic E-state index is 8.50. The van der Waals surface area contributed by atoms with E-state index in [1.165, 1.54) is 6.07 Å². The molecule has 0 saturated heterocycles. The number of nitrogen functional groups attached to an aromatic ring is 1. The molecule has 0 amide bonds. The largest absolute Gasteiger partial charge is 0.397 e. The lowest BCUT2D eigenvalue weighted by Crippen LogP contribution is -1.95. The fourth-order valence-electron chi connectivity index (χ4n) is 0.670. The molecule has 0 aliphatic heterocycles. The van der Waals surface area contributed by atoms with Gasteiger partial charge in [0.05, 0.1) is 16.9 Å². The number of rotatable bonds is 0. The molecular weight excluding hydrogens is 162 g/mol. The number of hydrogen-bond acceptors (Lipinski definition) is 3. The molecule has 56 valence electrons. The monoisotopic (exact) mass is 167 g/mol. The van der Waals surface area contributed by atoms with Gasteiger partial charge in [-0.25, -0.2) is 4.98 Å². The SMILES string of the molecule is Cc1nc(Cl)c(C#N)cc1N. The van der Waals surface area contributed by atoms with Crippen LogP contribution in [-0.4, -0.2) is 4.98 Å². The fraction of sp³-hybridized carbons (Fsp3) is 0.143. The Morgan fingerprint density at radius 3 is 2.91 bits per heavy atom. The van der Waals surface area contributed by atoms with Crippen LogP contribution in [0.1, 0.15) is 11.3 Å². The second kappa shape index (κ2) is 2.77. The number of nitrogens with zero attached hydrogens (tertiary/aromatic N) is 2. The van der Waals surface area contributed by atoms with Crippen LogP contribution < -0.4 is 5.73 Å². The first kappa shape index (κ1) is 7.83. The Morgan fingerprint density at radius 1 is 1.73 bits per heavy atom. The summed E-state index contributed by atoms with van der Waals surface area (Å²) in [5, 5.41) is 8.71. The Labute approximate surface area is 69.4 Å². The van der Waals surface area contributed by atoms with Gasteiger partial charge < -0.3 is 5.73 Å². The normalized spacial score (nSPS) is 9.18. The van der Waals surface area contributed by atoms with Gasteiger partial charge in [0.2, 0.25) is 0 Å². The van der Waals surface area contributed by atoms with E-state index in [0.717, 1.165) is 0 Å². The smallest absolute Gasteiger partial charge is 0.147 e. The number of aryl methyl sites for hydroxylation is 1. The van der Waals surface area contributed by atoms with E-state index in [4.69, 9.17) is 22.6 Å². The van der Waals surface area contributed by atoms with Gasteiger partial charge in [-0.3, -0.25) is 0 Å². The lowest BCUT2D eigenvalue weighted by Gasteiger charge is -1.99. The maximum Gasteiger partial charge on any atom is 0.147 e. The van der Waals surface area contributed by atoms with Crippen LogP contribution in [0.3, 0.4) is 0 Å². The van der Waals surface area contributed by atoms with Crippen molar-refractivity contribution in [3.8, 4) is 6.07 Å². The van der Waals surface area contributed by atoms with Crippen LogP contribution in [0.5, 0.6) is 0 Å². The molecule has 0 radical (unpaired) electrons. The highest BCUT2D eigenvalue weighted by molar-refractivity contribution is 6.30. The van der Waals surface area contributed by atoms with Crippen molar-refractivity contribution in [1.82, 2.24) is 4.98 Å². The molecule has 4 heteroatoms. The van der Waals surface area contributed by atoms with Gasteiger partial charge >= 0.3 is 0 Å². The van der Waals surface area contributed by atoms with Crippen LogP contribution in [0.15, 0.2) is 6.07 Å². The third-order valence-electron chi connectivity index (χ3n) is 1.33. The van der Waals surface area contributed by atoms with Crippen LogP contribution >= 0.6 is 11.6 Å². The molecule has 2 N–H and O–H groups in total. The molecule has 0 saturated carbocycles. The van der Waals surface area contributed by atoms with E-state index in [1.54, 1.807) is 6.92 Å². The lowest BCUT2D eigenvalue weighted by molar-refractivity contribution is 1.19. The molecule has 0 aromatic carbocycles. The molecule has 0 spiro atoms. The Morgan fingerprint density at radius 2 is 2.36 bits per heavy atom. The van der Waals surface area contributed by atoms with Gasteiger partial charge in [-0.05, 0) is 13.0 Å². The zero-order valence-electron chi connectivity index (χ0n) is 5.93. The van der Waals surface area contributed by atoms with E-state index in [2.05, 4.69) is 4.98 Å². The lowest BCUT2D eigenvalue weighted by atomic mass is 10.2. The molecule has 0 unspecified atom stereocenters. The third-order valence-corrected chi connectivity index (χ3v) is 1.61. The first-order valence-electron chi connectivity index (χ1n) is 2.98. The number of halogens is 1. The number of aromatic nitrogens is 1. The van der Waals surface area contributed by atoms with Crippen molar-refractivity contribution in [3.63, 3.8) is 0 Å². The Hall–Kier alpha value is -1.27. The Bertz CT molecular complexity index is 327. The van der Waals surface area contributed by atoms with Crippen LogP contribution in [0, 0.1) is 18.3 Å². The first-order chi connectivity index (χ1) is 5.15. The van der Waals surface area contributed by atoms with Gasteiger partial charge in [-0.1, -0.05) is 11.6 Å². The van der Waals surface area contributed by atoms with Crippen LogP contribution in [0.2, 0.25) is 5.15 Å². The van der Waals surface area contributed by atoms with Crippen molar-refractivity contribution in [3.05, 3.63) is 22.5 Å². The van der Waals surface area contributed by atoms with E-state index in [1.807, 2.05) is 6.07 Å². The molecule has 0 fully saturated rings. The highest BCUT2D eigenvalue weighted by Gasteiger charge is 2.03. The molecule has 0 aliphatic carbocycles. The highest BCUT2D eigenvalue weighted by Crippen LogP contribution is 2.17. The summed E-state index contributed by atoms with van der Waals surface area (Å²) >= 11 is 5.61. The predicted molar refractivity (Wildman–Crippen MR) is 43.1 cm³/mol. The maximum atomic E-state index is 8.50. The molecule has 1 aromatic heterocycles. The summed E-state index contributed by atoms with van der Waals surface area (Å²) in [4.78, 5) is 3.86. The van der Waals surface area contributed by atoms with Crippen molar-refractivity contribution in [1.29, 1.82) is 5.26 Å². The van der Waals surface area contributed by atoms with Crippen LogP contribution in [-0.2, 0) is 0 Å². The summed E-state index contributed by atoms with van der Waals surface area (Å²) < 4.78 is 0. The van der Waals surface area contributed by atoms with Crippen LogP contribution in [0.4, 0.5) is 5.69 Å². The quantitative estimate of drug-likeness (QED) is 0.596. The van der Waals surface area contributed by atoms with Crippen molar-refractivity contribution in [2.24, 2.45) is 0 Å². The topological polar surface area (TPSA) is 62.7 Å². The third kappa shape index (κ3) is 1.41. The molecule has 3 nitrogen and oxygen atoms in total. The average molecular weight is 168 g/mol. The predicted octanol–water partition coefficient (Wildman–Crippen LogP) is 1.50. The summed E-state index contributed by atoms with van der Waals surface area (Å²) in [6, 6.07) is 3.41. The van der Waals surface area contributed by atoms with Crippen molar-refractivity contribution >= 4 is 17.3 Å². The zero-order valence-corrected chi connectivity index (χ0v) is 6.68. The van der Waals surface area contributed by atoms with Crippen molar-refractivity contribution in [2.45, 2.75) is 6.92 Å². The number of nitriles is 1. The molecule has 0 aliphatic rings. The number of nitrogens with two attached hydrogens (primary N) is 1. The van der Waals surface area contributed by atoms with Gasteiger partial charge in [0.15, 0.2) is 0 Å². The minimum atomic E-state index is 0.208. The molecule has 11 heavy (non-hydrogen) atoms. The van der Waals surface area contributed by atoms with Gasteiger partial charge in [0.1, 0.15) is 11.2 Å². The minimum Gasteiger partial charge on any atom is -0.397 e. The summed E-state index contributed by atoms with van der Waals surface area (Å²) in [5.74, 6) is 0. The summed E-state index contributed by atoms with van der Waals surface area (Å²) in [5.41, 5.74) is 6.95. The van der Waals surface area contributed by atoms with E-state index >= 15 is 0 Å². The van der Waals surface area contributed by atoms with Gasteiger partial charge in [0.25, 0.3) is 0 Å². The second-order valence-corrected chi connectivity index (χ2v) is 2.47. The molecule has 0 atom stereocenters. The highest BCUT2D eigenvalue weighted by atomic mass is 35.5. The summed E-state index contributed by atoms with van der Waals surface area (Å²) in [6.07, 6.45) is 0. The number of hydrogen-bond donors (Lipinski definition) is 1. The Balaban J connectivity index is 3.35. The van der Waals surface area contributed by atoms with Gasteiger partial charge in [0, 0.05) is 0 Å². The molecule has 1 rings (SSSR count). The van der Waals surface area contributed by atoms with E-state index < -0.39 is 0 Å². The molecule has 1 heterocycles. The number of pyridine rings is 1. The molecule has 1 aromatic rings. The van der Waals surface area contributed by atoms with Gasteiger partial charge in [-0.2, -0.15) is 5.26 Å². The summed E-state index contributed by atoms with van der Waals surface area (Å²) in [7, 11) is 0.